The number of likely N-dealkylation sites (N-methyl/N-ethyl adjacent to an activating group) is 1. The Kier molecular flexibility index (Phi) is 4.27. The number of fused-ring (bicyclic) bond motifs is 1. The van der Waals surface area contributed by atoms with Gasteiger partial charge < -0.3 is 15.1 Å². The molecule has 0 bridgehead atoms. The Morgan fingerprint density at radius 1 is 1.33 bits per heavy atom. The lowest BCUT2D eigenvalue weighted by molar-refractivity contribution is -0.119. The van der Waals surface area contributed by atoms with Gasteiger partial charge >= 0.3 is 0 Å². The van der Waals surface area contributed by atoms with Gasteiger partial charge in [0.1, 0.15) is 0 Å². The third kappa shape index (κ3) is 2.97. The maximum absolute atomic E-state index is 12.2. The number of para-hydroxylation sites is 1. The van der Waals surface area contributed by atoms with Crippen molar-refractivity contribution in [2.24, 2.45) is 0 Å². The minimum Gasteiger partial charge on any atom is -0.315 e. The van der Waals surface area contributed by atoms with Crippen LogP contribution in [0.3, 0.4) is 0 Å². The van der Waals surface area contributed by atoms with E-state index in [2.05, 4.69) is 29.3 Å². The van der Waals surface area contributed by atoms with E-state index in [4.69, 9.17) is 0 Å². The van der Waals surface area contributed by atoms with E-state index in [1.165, 1.54) is 24.9 Å². The SMILES string of the molecule is CCN1CCCC(NC2CC(=O)N(C)c3ccccc32)C1. The molecule has 0 aliphatic carbocycles. The molecule has 4 heteroatoms. The summed E-state index contributed by atoms with van der Waals surface area (Å²) >= 11 is 0. The molecule has 1 aromatic carbocycles. The highest BCUT2D eigenvalue weighted by atomic mass is 16.2. The third-order valence-electron chi connectivity index (χ3n) is 4.82. The first-order chi connectivity index (χ1) is 10.2. The van der Waals surface area contributed by atoms with Crippen LogP contribution in [0.25, 0.3) is 0 Å². The van der Waals surface area contributed by atoms with Crippen molar-refractivity contribution in [2.75, 3.05) is 31.6 Å². The average molecular weight is 287 g/mol. The lowest BCUT2D eigenvalue weighted by atomic mass is 9.94. The number of anilines is 1. The molecule has 2 aliphatic rings. The van der Waals surface area contributed by atoms with Gasteiger partial charge in [-0.3, -0.25) is 4.79 Å². The zero-order valence-electron chi connectivity index (χ0n) is 13.0. The van der Waals surface area contributed by atoms with Crippen LogP contribution < -0.4 is 10.2 Å². The van der Waals surface area contributed by atoms with E-state index in [-0.39, 0.29) is 11.9 Å². The Hall–Kier alpha value is -1.39. The Balaban J connectivity index is 1.76. The number of likely N-dealkylation sites (tertiary alicyclic amines) is 1. The van der Waals surface area contributed by atoms with Gasteiger partial charge in [0, 0.05) is 37.8 Å². The van der Waals surface area contributed by atoms with Gasteiger partial charge in [0.05, 0.1) is 0 Å². The van der Waals surface area contributed by atoms with Gasteiger partial charge in [-0.05, 0) is 37.6 Å². The van der Waals surface area contributed by atoms with Crippen molar-refractivity contribution in [3.05, 3.63) is 29.8 Å². The van der Waals surface area contributed by atoms with Crippen molar-refractivity contribution in [3.63, 3.8) is 0 Å². The average Bonchev–Trinajstić information content (AvgIpc) is 2.52. The Morgan fingerprint density at radius 2 is 2.14 bits per heavy atom. The zero-order valence-corrected chi connectivity index (χ0v) is 13.0. The van der Waals surface area contributed by atoms with Gasteiger partial charge in [0.15, 0.2) is 0 Å². The van der Waals surface area contributed by atoms with E-state index in [9.17, 15) is 4.79 Å². The largest absolute Gasteiger partial charge is 0.315 e. The fourth-order valence-corrected chi connectivity index (χ4v) is 3.56. The smallest absolute Gasteiger partial charge is 0.228 e. The van der Waals surface area contributed by atoms with Crippen LogP contribution in [0, 0.1) is 0 Å². The molecule has 1 N–H and O–H groups in total. The molecule has 4 nitrogen and oxygen atoms in total. The molecule has 1 fully saturated rings. The van der Waals surface area contributed by atoms with Crippen molar-refractivity contribution >= 4 is 11.6 Å². The Bertz CT molecular complexity index is 517. The molecular weight excluding hydrogens is 262 g/mol. The molecule has 1 amide bonds. The second-order valence-corrected chi connectivity index (χ2v) is 6.17. The van der Waals surface area contributed by atoms with Crippen LogP contribution in [0.15, 0.2) is 24.3 Å². The standard InChI is InChI=1S/C17H25N3O/c1-3-20-10-6-7-13(12-20)18-15-11-17(21)19(2)16-9-5-4-8-14(15)16/h4-5,8-9,13,15,18H,3,6-7,10-12H2,1-2H3. The molecule has 2 heterocycles. The number of nitrogens with one attached hydrogen (secondary N) is 1. The first-order valence-corrected chi connectivity index (χ1v) is 8.03. The second-order valence-electron chi connectivity index (χ2n) is 6.17. The van der Waals surface area contributed by atoms with Crippen molar-refractivity contribution in [1.29, 1.82) is 0 Å². The van der Waals surface area contributed by atoms with Crippen LogP contribution in [0.1, 0.15) is 37.8 Å². The topological polar surface area (TPSA) is 35.6 Å². The molecule has 0 radical (unpaired) electrons. The number of nitrogens with zero attached hydrogens (tertiary/aromatic N) is 2. The second kappa shape index (κ2) is 6.16. The number of carbonyl (C=O) groups excluding carboxylic acids is 1. The lowest BCUT2D eigenvalue weighted by Crippen LogP contribution is -2.48. The zero-order chi connectivity index (χ0) is 14.8. The van der Waals surface area contributed by atoms with Crippen molar-refractivity contribution in [3.8, 4) is 0 Å². The maximum Gasteiger partial charge on any atom is 0.228 e. The molecule has 0 saturated carbocycles. The molecule has 2 atom stereocenters. The summed E-state index contributed by atoms with van der Waals surface area (Å²) in [5.41, 5.74) is 2.31. The molecule has 2 unspecified atom stereocenters. The fraction of sp³-hybridized carbons (Fsp3) is 0.588. The van der Waals surface area contributed by atoms with Gasteiger partial charge in [-0.25, -0.2) is 0 Å². The Labute approximate surface area is 127 Å². The normalized spacial score (nSPS) is 26.8. The molecule has 2 aliphatic heterocycles. The molecule has 0 aromatic heterocycles. The predicted molar refractivity (Wildman–Crippen MR) is 85.5 cm³/mol. The van der Waals surface area contributed by atoms with Gasteiger partial charge in [-0.1, -0.05) is 25.1 Å². The van der Waals surface area contributed by atoms with E-state index in [1.807, 2.05) is 19.2 Å². The van der Waals surface area contributed by atoms with Crippen LogP contribution in [-0.4, -0.2) is 43.5 Å². The molecular formula is C17H25N3O. The summed E-state index contributed by atoms with van der Waals surface area (Å²) in [4.78, 5) is 16.5. The molecule has 1 aromatic rings. The summed E-state index contributed by atoms with van der Waals surface area (Å²) in [5, 5.41) is 3.74. The van der Waals surface area contributed by atoms with E-state index < -0.39 is 0 Å². The van der Waals surface area contributed by atoms with Crippen molar-refractivity contribution in [1.82, 2.24) is 10.2 Å². The van der Waals surface area contributed by atoms with Crippen LogP contribution in [-0.2, 0) is 4.79 Å². The highest BCUT2D eigenvalue weighted by Crippen LogP contribution is 2.34. The lowest BCUT2D eigenvalue weighted by Gasteiger charge is -2.38. The van der Waals surface area contributed by atoms with E-state index in [0.717, 1.165) is 18.8 Å². The summed E-state index contributed by atoms with van der Waals surface area (Å²) in [7, 11) is 1.87. The fourth-order valence-electron chi connectivity index (χ4n) is 3.56. The number of hydrogen-bond donors (Lipinski definition) is 1. The first-order valence-electron chi connectivity index (χ1n) is 8.03. The van der Waals surface area contributed by atoms with Crippen LogP contribution in [0.2, 0.25) is 0 Å². The summed E-state index contributed by atoms with van der Waals surface area (Å²) in [5.74, 6) is 0.203. The van der Waals surface area contributed by atoms with Gasteiger partial charge in [-0.2, -0.15) is 0 Å². The van der Waals surface area contributed by atoms with Crippen molar-refractivity contribution in [2.45, 2.75) is 38.3 Å². The Morgan fingerprint density at radius 3 is 2.95 bits per heavy atom. The summed E-state index contributed by atoms with van der Waals surface area (Å²) in [6.45, 7) is 5.63. The van der Waals surface area contributed by atoms with Crippen LogP contribution in [0.5, 0.6) is 0 Å². The highest BCUT2D eigenvalue weighted by molar-refractivity contribution is 5.96. The summed E-state index contributed by atoms with van der Waals surface area (Å²) < 4.78 is 0. The van der Waals surface area contributed by atoms with Crippen LogP contribution >= 0.6 is 0 Å². The van der Waals surface area contributed by atoms with Crippen LogP contribution in [0.4, 0.5) is 5.69 Å². The quantitative estimate of drug-likeness (QED) is 0.925. The third-order valence-corrected chi connectivity index (χ3v) is 4.82. The maximum atomic E-state index is 12.2. The summed E-state index contributed by atoms with van der Waals surface area (Å²) in [6.07, 6.45) is 3.02. The van der Waals surface area contributed by atoms with E-state index >= 15 is 0 Å². The van der Waals surface area contributed by atoms with Gasteiger partial charge in [0.2, 0.25) is 5.91 Å². The molecule has 0 spiro atoms. The van der Waals surface area contributed by atoms with Crippen molar-refractivity contribution < 1.29 is 4.79 Å². The number of hydrogen-bond acceptors (Lipinski definition) is 3. The highest BCUT2D eigenvalue weighted by Gasteiger charge is 2.31. The summed E-state index contributed by atoms with van der Waals surface area (Å²) in [6, 6.07) is 8.91. The number of benzene rings is 1. The molecule has 21 heavy (non-hydrogen) atoms. The van der Waals surface area contributed by atoms with Gasteiger partial charge in [0.25, 0.3) is 0 Å². The number of piperidine rings is 1. The molecule has 114 valence electrons. The minimum absolute atomic E-state index is 0.159. The van der Waals surface area contributed by atoms with Gasteiger partial charge in [-0.15, -0.1) is 0 Å². The van der Waals surface area contributed by atoms with E-state index in [1.54, 1.807) is 4.90 Å². The predicted octanol–water partition coefficient (Wildman–Crippen LogP) is 2.17. The number of amides is 1. The molecule has 3 rings (SSSR count). The number of rotatable bonds is 3. The minimum atomic E-state index is 0.159. The monoisotopic (exact) mass is 287 g/mol. The number of carbonyl (C=O) groups is 1. The first kappa shape index (κ1) is 14.5. The molecule has 1 saturated heterocycles. The van der Waals surface area contributed by atoms with E-state index in [0.29, 0.717) is 12.5 Å².